The van der Waals surface area contributed by atoms with Crippen LogP contribution in [0.2, 0.25) is 0 Å². The lowest BCUT2D eigenvalue weighted by Crippen LogP contribution is -2.38. The van der Waals surface area contributed by atoms with Crippen LogP contribution in [0.3, 0.4) is 0 Å². The highest BCUT2D eigenvalue weighted by molar-refractivity contribution is 5.94. The first-order valence-electron chi connectivity index (χ1n) is 9.54. The van der Waals surface area contributed by atoms with Crippen LogP contribution in [0, 0.1) is 5.92 Å². The van der Waals surface area contributed by atoms with Crippen LogP contribution < -0.4 is 4.74 Å². The van der Waals surface area contributed by atoms with Crippen LogP contribution in [0.25, 0.3) is 11.5 Å². The van der Waals surface area contributed by atoms with E-state index < -0.39 is 0 Å². The van der Waals surface area contributed by atoms with Crippen LogP contribution >= 0.6 is 0 Å². The number of methoxy groups -OCH3 is 1. The molecule has 1 fully saturated rings. The molecule has 1 saturated heterocycles. The number of nitrogens with zero attached hydrogens (tertiary/aromatic N) is 3. The van der Waals surface area contributed by atoms with Crippen molar-refractivity contribution in [3.63, 3.8) is 0 Å². The number of rotatable bonds is 5. The molecule has 0 unspecified atom stereocenters. The first kappa shape index (κ1) is 18.2. The summed E-state index contributed by atoms with van der Waals surface area (Å²) in [6.07, 6.45) is 2.63. The molecule has 1 amide bonds. The Morgan fingerprint density at radius 3 is 2.46 bits per heavy atom. The molecule has 0 atom stereocenters. The van der Waals surface area contributed by atoms with Gasteiger partial charge in [-0.25, -0.2) is 0 Å². The lowest BCUT2D eigenvalue weighted by molar-refractivity contribution is 0.0688. The molecule has 28 heavy (non-hydrogen) atoms. The molecular formula is C22H23N3O3. The number of hydrogen-bond acceptors (Lipinski definition) is 5. The molecule has 6 nitrogen and oxygen atoms in total. The fourth-order valence-electron chi connectivity index (χ4n) is 3.54. The predicted octanol–water partition coefficient (Wildman–Crippen LogP) is 3.84. The molecule has 6 heteroatoms. The normalized spacial score (nSPS) is 14.8. The van der Waals surface area contributed by atoms with E-state index in [0.29, 0.717) is 23.3 Å². The Hall–Kier alpha value is -3.15. The van der Waals surface area contributed by atoms with Crippen LogP contribution in [0.1, 0.15) is 29.1 Å². The van der Waals surface area contributed by atoms with E-state index in [2.05, 4.69) is 10.2 Å². The minimum absolute atomic E-state index is 0.0743. The summed E-state index contributed by atoms with van der Waals surface area (Å²) in [5.41, 5.74) is 1.63. The van der Waals surface area contributed by atoms with Crippen molar-refractivity contribution in [3.05, 3.63) is 66.1 Å². The molecule has 1 aromatic heterocycles. The Bertz CT molecular complexity index is 914. The maximum Gasteiger partial charge on any atom is 0.253 e. The van der Waals surface area contributed by atoms with Crippen molar-refractivity contribution in [1.29, 1.82) is 0 Å². The summed E-state index contributed by atoms with van der Waals surface area (Å²) in [7, 11) is 1.62. The van der Waals surface area contributed by atoms with Gasteiger partial charge in [0.1, 0.15) is 5.75 Å². The standard InChI is InChI=1S/C22H23N3O3/c1-27-19-9-7-18(8-10-19)22(26)25-13-11-16(12-14-25)15-20-23-24-21(28-20)17-5-3-2-4-6-17/h2-10,16H,11-15H2,1H3. The fraction of sp³-hybridized carbons (Fsp3) is 0.318. The molecule has 0 radical (unpaired) electrons. The van der Waals surface area contributed by atoms with Gasteiger partial charge in [0.15, 0.2) is 0 Å². The van der Waals surface area contributed by atoms with Crippen molar-refractivity contribution in [2.45, 2.75) is 19.3 Å². The van der Waals surface area contributed by atoms with E-state index in [-0.39, 0.29) is 5.91 Å². The van der Waals surface area contributed by atoms with E-state index in [9.17, 15) is 4.79 Å². The molecule has 0 aliphatic carbocycles. The van der Waals surface area contributed by atoms with Gasteiger partial charge in [-0.1, -0.05) is 18.2 Å². The molecule has 2 aromatic carbocycles. The summed E-state index contributed by atoms with van der Waals surface area (Å²) in [6, 6.07) is 17.1. The van der Waals surface area contributed by atoms with Gasteiger partial charge in [0.05, 0.1) is 7.11 Å². The fourth-order valence-corrected chi connectivity index (χ4v) is 3.54. The minimum atomic E-state index is 0.0743. The Morgan fingerprint density at radius 2 is 1.79 bits per heavy atom. The van der Waals surface area contributed by atoms with Gasteiger partial charge in [-0.2, -0.15) is 0 Å². The Kier molecular flexibility index (Phi) is 5.37. The third-order valence-corrected chi connectivity index (χ3v) is 5.19. The monoisotopic (exact) mass is 377 g/mol. The van der Waals surface area contributed by atoms with Gasteiger partial charge in [0.25, 0.3) is 5.91 Å². The maximum atomic E-state index is 12.7. The highest BCUT2D eigenvalue weighted by atomic mass is 16.5. The number of hydrogen-bond donors (Lipinski definition) is 0. The van der Waals surface area contributed by atoms with Crippen LogP contribution in [0.5, 0.6) is 5.75 Å². The van der Waals surface area contributed by atoms with E-state index >= 15 is 0 Å². The van der Waals surface area contributed by atoms with E-state index in [4.69, 9.17) is 9.15 Å². The summed E-state index contributed by atoms with van der Waals surface area (Å²) in [5.74, 6) is 2.50. The van der Waals surface area contributed by atoms with Gasteiger partial charge in [-0.3, -0.25) is 4.79 Å². The Balaban J connectivity index is 1.32. The topological polar surface area (TPSA) is 68.5 Å². The van der Waals surface area contributed by atoms with Crippen LogP contribution in [-0.4, -0.2) is 41.2 Å². The SMILES string of the molecule is COc1ccc(C(=O)N2CCC(Cc3nnc(-c4ccccc4)o3)CC2)cc1. The van der Waals surface area contributed by atoms with Crippen molar-refractivity contribution < 1.29 is 13.9 Å². The van der Waals surface area contributed by atoms with Crippen molar-refractivity contribution in [2.24, 2.45) is 5.92 Å². The minimum Gasteiger partial charge on any atom is -0.497 e. The zero-order chi connectivity index (χ0) is 19.3. The van der Waals surface area contributed by atoms with Gasteiger partial charge in [-0.15, -0.1) is 10.2 Å². The maximum absolute atomic E-state index is 12.7. The first-order valence-corrected chi connectivity index (χ1v) is 9.54. The van der Waals surface area contributed by atoms with Crippen LogP contribution in [0.4, 0.5) is 0 Å². The molecule has 4 rings (SSSR count). The van der Waals surface area contributed by atoms with Gasteiger partial charge in [0, 0.05) is 30.6 Å². The van der Waals surface area contributed by atoms with Crippen molar-refractivity contribution in [1.82, 2.24) is 15.1 Å². The first-order chi connectivity index (χ1) is 13.7. The van der Waals surface area contributed by atoms with Crippen LogP contribution in [0.15, 0.2) is 59.0 Å². The number of carbonyl (C=O) groups is 1. The molecule has 0 bridgehead atoms. The zero-order valence-corrected chi connectivity index (χ0v) is 15.9. The quantitative estimate of drug-likeness (QED) is 0.676. The van der Waals surface area contributed by atoms with Crippen molar-refractivity contribution >= 4 is 5.91 Å². The number of likely N-dealkylation sites (tertiary alicyclic amines) is 1. The summed E-state index contributed by atoms with van der Waals surface area (Å²) in [6.45, 7) is 1.49. The average Bonchev–Trinajstić information content (AvgIpc) is 3.23. The molecule has 2 heterocycles. The number of benzene rings is 2. The van der Waals surface area contributed by atoms with E-state index in [0.717, 1.165) is 43.7 Å². The number of amides is 1. The second-order valence-corrected chi connectivity index (χ2v) is 7.04. The molecule has 144 valence electrons. The molecule has 0 N–H and O–H groups in total. The van der Waals surface area contributed by atoms with Gasteiger partial charge in [-0.05, 0) is 55.2 Å². The third-order valence-electron chi connectivity index (χ3n) is 5.19. The summed E-state index contributed by atoms with van der Waals surface area (Å²) >= 11 is 0. The largest absolute Gasteiger partial charge is 0.497 e. The van der Waals surface area contributed by atoms with Crippen LogP contribution in [-0.2, 0) is 6.42 Å². The molecule has 1 aliphatic rings. The van der Waals surface area contributed by atoms with E-state index in [1.54, 1.807) is 7.11 Å². The summed E-state index contributed by atoms with van der Waals surface area (Å²) in [4.78, 5) is 14.6. The Labute approximate surface area is 164 Å². The van der Waals surface area contributed by atoms with Gasteiger partial charge in [0.2, 0.25) is 11.8 Å². The van der Waals surface area contributed by atoms with E-state index in [1.807, 2.05) is 59.5 Å². The summed E-state index contributed by atoms with van der Waals surface area (Å²) in [5, 5.41) is 8.35. The second kappa shape index (κ2) is 8.25. The lowest BCUT2D eigenvalue weighted by atomic mass is 9.93. The molecule has 3 aromatic rings. The highest BCUT2D eigenvalue weighted by Gasteiger charge is 2.25. The molecular weight excluding hydrogens is 354 g/mol. The smallest absolute Gasteiger partial charge is 0.253 e. The molecule has 1 aliphatic heterocycles. The highest BCUT2D eigenvalue weighted by Crippen LogP contribution is 2.25. The Morgan fingerprint density at radius 1 is 1.07 bits per heavy atom. The van der Waals surface area contributed by atoms with E-state index in [1.165, 1.54) is 0 Å². The number of ether oxygens (including phenoxy) is 1. The second-order valence-electron chi connectivity index (χ2n) is 7.04. The average molecular weight is 377 g/mol. The molecule has 0 saturated carbocycles. The molecule has 0 spiro atoms. The summed E-state index contributed by atoms with van der Waals surface area (Å²) < 4.78 is 11.0. The number of piperidine rings is 1. The predicted molar refractivity (Wildman–Crippen MR) is 105 cm³/mol. The third kappa shape index (κ3) is 4.06. The van der Waals surface area contributed by atoms with Gasteiger partial charge < -0.3 is 14.1 Å². The van der Waals surface area contributed by atoms with Gasteiger partial charge >= 0.3 is 0 Å². The zero-order valence-electron chi connectivity index (χ0n) is 15.9. The lowest BCUT2D eigenvalue weighted by Gasteiger charge is -2.31. The number of aromatic nitrogens is 2. The number of carbonyl (C=O) groups excluding carboxylic acids is 1. The van der Waals surface area contributed by atoms with Crippen molar-refractivity contribution in [3.8, 4) is 17.2 Å². The van der Waals surface area contributed by atoms with Crippen molar-refractivity contribution in [2.75, 3.05) is 20.2 Å².